The summed E-state index contributed by atoms with van der Waals surface area (Å²) in [6.07, 6.45) is 0.997. The molecule has 0 spiro atoms. The quantitative estimate of drug-likeness (QED) is 0.929. The molecule has 0 unspecified atom stereocenters. The lowest BCUT2D eigenvalue weighted by molar-refractivity contribution is -0.139. The molecular formula is C19H26N4O2. The van der Waals surface area contributed by atoms with Gasteiger partial charge in [-0.3, -0.25) is 9.59 Å². The van der Waals surface area contributed by atoms with E-state index in [0.29, 0.717) is 13.0 Å². The zero-order valence-electron chi connectivity index (χ0n) is 15.3. The van der Waals surface area contributed by atoms with Gasteiger partial charge in [-0.25, -0.2) is 4.98 Å². The predicted octanol–water partition coefficient (Wildman–Crippen LogP) is 2.66. The molecule has 6 heteroatoms. The summed E-state index contributed by atoms with van der Waals surface area (Å²) in [7, 11) is 1.78. The third kappa shape index (κ3) is 3.38. The van der Waals surface area contributed by atoms with E-state index in [4.69, 9.17) is 4.98 Å². The fourth-order valence-corrected chi connectivity index (χ4v) is 3.47. The van der Waals surface area contributed by atoms with E-state index >= 15 is 0 Å². The Bertz CT molecular complexity index is 796. The maximum absolute atomic E-state index is 12.6. The van der Waals surface area contributed by atoms with Gasteiger partial charge in [-0.15, -0.1) is 0 Å². The molecule has 1 N–H and O–H groups in total. The van der Waals surface area contributed by atoms with E-state index in [1.807, 2.05) is 25.1 Å². The Morgan fingerprint density at radius 2 is 2.00 bits per heavy atom. The number of hydrogen-bond acceptors (Lipinski definition) is 3. The molecule has 0 saturated carbocycles. The summed E-state index contributed by atoms with van der Waals surface area (Å²) < 4.78 is 2.17. The second-order valence-corrected chi connectivity index (χ2v) is 7.16. The van der Waals surface area contributed by atoms with E-state index in [0.717, 1.165) is 16.9 Å². The van der Waals surface area contributed by atoms with Gasteiger partial charge in [0.25, 0.3) is 0 Å². The van der Waals surface area contributed by atoms with Crippen molar-refractivity contribution >= 4 is 22.8 Å². The summed E-state index contributed by atoms with van der Waals surface area (Å²) in [5.41, 5.74) is 2.00. The summed E-state index contributed by atoms with van der Waals surface area (Å²) in [5.74, 6) is 0.580. The fraction of sp³-hybridized carbons (Fsp3) is 0.526. The van der Waals surface area contributed by atoms with E-state index in [-0.39, 0.29) is 36.2 Å². The highest BCUT2D eigenvalue weighted by Crippen LogP contribution is 2.26. The minimum Gasteiger partial charge on any atom is -0.346 e. The first-order valence-electron chi connectivity index (χ1n) is 8.89. The van der Waals surface area contributed by atoms with Crippen molar-refractivity contribution in [1.82, 2.24) is 19.8 Å². The largest absolute Gasteiger partial charge is 0.346 e. The molecule has 1 fully saturated rings. The topological polar surface area (TPSA) is 67.2 Å². The van der Waals surface area contributed by atoms with Gasteiger partial charge in [-0.05, 0) is 39.3 Å². The number of carbonyl (C=O) groups excluding carboxylic acids is 2. The predicted molar refractivity (Wildman–Crippen MR) is 97.0 cm³/mol. The molecule has 0 bridgehead atoms. The summed E-state index contributed by atoms with van der Waals surface area (Å²) in [4.78, 5) is 30.9. The third-order valence-corrected chi connectivity index (χ3v) is 4.92. The van der Waals surface area contributed by atoms with Crippen molar-refractivity contribution in [2.24, 2.45) is 5.92 Å². The molecule has 3 rings (SSSR count). The van der Waals surface area contributed by atoms with Crippen molar-refractivity contribution < 1.29 is 9.59 Å². The molecule has 1 aromatic carbocycles. The van der Waals surface area contributed by atoms with Crippen LogP contribution in [0.15, 0.2) is 24.3 Å². The standard InChI is InChI=1S/C19H26N4O2/c1-12(2)23-16-8-6-5-7-15(16)21-18(23)13(3)20-19(25)14-9-10-22(4)17(24)11-14/h5-8,12-14H,9-11H2,1-4H3,(H,20,25)/t13-,14+/m0/s1. The van der Waals surface area contributed by atoms with Gasteiger partial charge in [0, 0.05) is 32.0 Å². The molecule has 134 valence electrons. The van der Waals surface area contributed by atoms with Crippen molar-refractivity contribution in [3.05, 3.63) is 30.1 Å². The number of amides is 2. The average Bonchev–Trinajstić information content (AvgIpc) is 2.97. The van der Waals surface area contributed by atoms with Gasteiger partial charge in [-0.2, -0.15) is 0 Å². The van der Waals surface area contributed by atoms with Crippen molar-refractivity contribution in [3.8, 4) is 0 Å². The van der Waals surface area contributed by atoms with Crippen molar-refractivity contribution in [3.63, 3.8) is 0 Å². The summed E-state index contributed by atoms with van der Waals surface area (Å²) in [6, 6.07) is 8.04. The normalized spacial score (nSPS) is 19.5. The van der Waals surface area contributed by atoms with Crippen LogP contribution in [0.2, 0.25) is 0 Å². The number of carbonyl (C=O) groups is 2. The Morgan fingerprint density at radius 3 is 2.68 bits per heavy atom. The molecule has 1 aromatic heterocycles. The molecule has 2 aromatic rings. The minimum atomic E-state index is -0.247. The van der Waals surface area contributed by atoms with E-state index in [1.165, 1.54) is 0 Å². The number of hydrogen-bond donors (Lipinski definition) is 1. The molecule has 1 saturated heterocycles. The van der Waals surface area contributed by atoms with Crippen LogP contribution in [0.5, 0.6) is 0 Å². The van der Waals surface area contributed by atoms with Crippen molar-refractivity contribution in [1.29, 1.82) is 0 Å². The van der Waals surface area contributed by atoms with Gasteiger partial charge in [0.1, 0.15) is 5.82 Å². The number of nitrogens with one attached hydrogen (secondary N) is 1. The molecule has 1 aliphatic heterocycles. The number of nitrogens with zero attached hydrogens (tertiary/aromatic N) is 3. The first kappa shape index (κ1) is 17.5. The highest BCUT2D eigenvalue weighted by atomic mass is 16.2. The summed E-state index contributed by atoms with van der Waals surface area (Å²) in [6.45, 7) is 6.81. The van der Waals surface area contributed by atoms with Gasteiger partial charge < -0.3 is 14.8 Å². The Labute approximate surface area is 148 Å². The number of fused-ring (bicyclic) bond motifs is 1. The molecular weight excluding hydrogens is 316 g/mol. The lowest BCUT2D eigenvalue weighted by Gasteiger charge is -2.29. The monoisotopic (exact) mass is 342 g/mol. The zero-order chi connectivity index (χ0) is 18.1. The molecule has 6 nitrogen and oxygen atoms in total. The number of benzene rings is 1. The lowest BCUT2D eigenvalue weighted by Crippen LogP contribution is -2.42. The van der Waals surface area contributed by atoms with Gasteiger partial charge in [-0.1, -0.05) is 12.1 Å². The molecule has 25 heavy (non-hydrogen) atoms. The number of rotatable bonds is 4. The van der Waals surface area contributed by atoms with Gasteiger partial charge in [0.2, 0.25) is 11.8 Å². The smallest absolute Gasteiger partial charge is 0.224 e. The van der Waals surface area contributed by atoms with Gasteiger partial charge >= 0.3 is 0 Å². The fourth-order valence-electron chi connectivity index (χ4n) is 3.47. The highest BCUT2D eigenvalue weighted by molar-refractivity contribution is 5.87. The SMILES string of the molecule is CC(C)n1c([C@H](C)NC(=O)[C@@H]2CCN(C)C(=O)C2)nc2ccccc21. The maximum atomic E-state index is 12.6. The maximum Gasteiger partial charge on any atom is 0.224 e. The molecule has 1 aliphatic rings. The Kier molecular flexibility index (Phi) is 4.79. The second-order valence-electron chi connectivity index (χ2n) is 7.16. The van der Waals surface area contributed by atoms with E-state index < -0.39 is 0 Å². The first-order chi connectivity index (χ1) is 11.9. The number of likely N-dealkylation sites (tertiary alicyclic amines) is 1. The number of para-hydroxylation sites is 2. The third-order valence-electron chi connectivity index (χ3n) is 4.92. The zero-order valence-corrected chi connectivity index (χ0v) is 15.3. The van der Waals surface area contributed by atoms with E-state index in [9.17, 15) is 9.59 Å². The van der Waals surface area contributed by atoms with Crippen molar-refractivity contribution in [2.45, 2.75) is 45.7 Å². The van der Waals surface area contributed by atoms with Crippen LogP contribution in [-0.4, -0.2) is 39.9 Å². The molecule has 0 radical (unpaired) electrons. The van der Waals surface area contributed by atoms with Crippen LogP contribution in [0.4, 0.5) is 0 Å². The minimum absolute atomic E-state index is 0.0356. The molecule has 0 aliphatic carbocycles. The van der Waals surface area contributed by atoms with Crippen LogP contribution in [0, 0.1) is 5.92 Å². The molecule has 2 heterocycles. The molecule has 2 atom stereocenters. The summed E-state index contributed by atoms with van der Waals surface area (Å²) >= 11 is 0. The highest BCUT2D eigenvalue weighted by Gasteiger charge is 2.30. The van der Waals surface area contributed by atoms with Crippen LogP contribution in [0.1, 0.15) is 51.5 Å². The van der Waals surface area contributed by atoms with Crippen molar-refractivity contribution in [2.75, 3.05) is 13.6 Å². The lowest BCUT2D eigenvalue weighted by atomic mass is 9.95. The number of imidazole rings is 1. The average molecular weight is 342 g/mol. The number of piperidine rings is 1. The van der Waals surface area contributed by atoms with Crippen LogP contribution in [0.3, 0.4) is 0 Å². The number of aromatic nitrogens is 2. The van der Waals surface area contributed by atoms with Crippen LogP contribution < -0.4 is 5.32 Å². The van der Waals surface area contributed by atoms with Crippen LogP contribution >= 0.6 is 0 Å². The Balaban J connectivity index is 1.80. The van der Waals surface area contributed by atoms with Crippen LogP contribution in [-0.2, 0) is 9.59 Å². The second kappa shape index (κ2) is 6.86. The van der Waals surface area contributed by atoms with E-state index in [1.54, 1.807) is 11.9 Å². The summed E-state index contributed by atoms with van der Waals surface area (Å²) in [5, 5.41) is 3.06. The molecule has 2 amide bonds. The first-order valence-corrected chi connectivity index (χ1v) is 8.89. The van der Waals surface area contributed by atoms with Gasteiger partial charge in [0.05, 0.1) is 17.1 Å². The van der Waals surface area contributed by atoms with E-state index in [2.05, 4.69) is 29.8 Å². The van der Waals surface area contributed by atoms with Gasteiger partial charge in [0.15, 0.2) is 0 Å². The van der Waals surface area contributed by atoms with Crippen LogP contribution in [0.25, 0.3) is 11.0 Å². The Hall–Kier alpha value is -2.37. The Morgan fingerprint density at radius 1 is 1.28 bits per heavy atom.